The van der Waals surface area contributed by atoms with Crippen LogP contribution in [0.2, 0.25) is 0 Å². The third-order valence-electron chi connectivity index (χ3n) is 2.27. The summed E-state index contributed by atoms with van der Waals surface area (Å²) in [5.74, 6) is 0.127. The lowest BCUT2D eigenvalue weighted by Crippen LogP contribution is -2.30. The van der Waals surface area contributed by atoms with Crippen LogP contribution in [0.3, 0.4) is 0 Å². The number of carbonyl (C=O) groups excluding carboxylic acids is 2. The van der Waals surface area contributed by atoms with E-state index in [4.69, 9.17) is 21.1 Å². The van der Waals surface area contributed by atoms with E-state index in [0.29, 0.717) is 17.1 Å². The third-order valence-corrected chi connectivity index (χ3v) is 2.52. The van der Waals surface area contributed by atoms with Gasteiger partial charge in [-0.1, -0.05) is 0 Å². The van der Waals surface area contributed by atoms with Crippen molar-refractivity contribution in [3.63, 3.8) is 0 Å². The van der Waals surface area contributed by atoms with Gasteiger partial charge in [0.2, 0.25) is 5.91 Å². The molecule has 5 nitrogen and oxygen atoms in total. The van der Waals surface area contributed by atoms with Gasteiger partial charge < -0.3 is 14.8 Å². The SMILES string of the molecule is COc1ccc(OC)c(C(=O)CNC(=O)CCl)c1. The van der Waals surface area contributed by atoms with E-state index in [0.717, 1.165) is 0 Å². The fourth-order valence-electron chi connectivity index (χ4n) is 1.35. The molecule has 1 amide bonds. The predicted octanol–water partition coefficient (Wildman–Crippen LogP) is 1.24. The Kier molecular flexibility index (Phi) is 5.45. The number of alkyl halides is 1. The first-order chi connectivity index (χ1) is 8.62. The van der Waals surface area contributed by atoms with Crippen LogP contribution in [0.1, 0.15) is 10.4 Å². The summed E-state index contributed by atoms with van der Waals surface area (Å²) in [6, 6.07) is 4.89. The Balaban J connectivity index is 2.85. The van der Waals surface area contributed by atoms with Crippen LogP contribution in [0.25, 0.3) is 0 Å². The van der Waals surface area contributed by atoms with E-state index in [2.05, 4.69) is 5.32 Å². The van der Waals surface area contributed by atoms with Crippen LogP contribution < -0.4 is 14.8 Å². The van der Waals surface area contributed by atoms with E-state index >= 15 is 0 Å². The number of rotatable bonds is 6. The van der Waals surface area contributed by atoms with Crippen LogP contribution in [0.15, 0.2) is 18.2 Å². The van der Waals surface area contributed by atoms with E-state index < -0.39 is 5.91 Å². The second-order valence-corrected chi connectivity index (χ2v) is 3.67. The molecule has 0 atom stereocenters. The average Bonchev–Trinajstić information content (AvgIpc) is 2.43. The summed E-state index contributed by atoms with van der Waals surface area (Å²) in [6.07, 6.45) is 0. The van der Waals surface area contributed by atoms with E-state index in [9.17, 15) is 9.59 Å². The van der Waals surface area contributed by atoms with Gasteiger partial charge >= 0.3 is 0 Å². The van der Waals surface area contributed by atoms with Gasteiger partial charge in [-0.25, -0.2) is 0 Å². The minimum atomic E-state index is -0.396. The Labute approximate surface area is 110 Å². The Morgan fingerprint density at radius 3 is 2.56 bits per heavy atom. The number of nitrogens with one attached hydrogen (secondary N) is 1. The molecule has 0 bridgehead atoms. The van der Waals surface area contributed by atoms with Gasteiger partial charge in [-0.3, -0.25) is 9.59 Å². The second-order valence-electron chi connectivity index (χ2n) is 3.40. The van der Waals surface area contributed by atoms with Crippen LogP contribution in [0, 0.1) is 0 Å². The van der Waals surface area contributed by atoms with E-state index in [-0.39, 0.29) is 18.2 Å². The molecule has 1 rings (SSSR count). The molecule has 0 unspecified atom stereocenters. The summed E-state index contributed by atoms with van der Waals surface area (Å²) >= 11 is 5.32. The first kappa shape index (κ1) is 14.3. The molecule has 0 aliphatic heterocycles. The zero-order valence-corrected chi connectivity index (χ0v) is 10.9. The molecule has 0 spiro atoms. The smallest absolute Gasteiger partial charge is 0.235 e. The number of ether oxygens (including phenoxy) is 2. The average molecular weight is 272 g/mol. The van der Waals surface area contributed by atoms with Gasteiger partial charge in [0.1, 0.15) is 17.4 Å². The lowest BCUT2D eigenvalue weighted by atomic mass is 10.1. The molecule has 1 aromatic carbocycles. The number of carbonyl (C=O) groups is 2. The van der Waals surface area contributed by atoms with Gasteiger partial charge in [0.15, 0.2) is 5.78 Å². The Morgan fingerprint density at radius 1 is 1.28 bits per heavy atom. The van der Waals surface area contributed by atoms with Gasteiger partial charge in [-0.15, -0.1) is 11.6 Å². The largest absolute Gasteiger partial charge is 0.497 e. The van der Waals surface area contributed by atoms with Gasteiger partial charge in [-0.2, -0.15) is 0 Å². The lowest BCUT2D eigenvalue weighted by molar-refractivity contribution is -0.118. The van der Waals surface area contributed by atoms with Crippen molar-refractivity contribution < 1.29 is 19.1 Å². The first-order valence-electron chi connectivity index (χ1n) is 5.20. The summed E-state index contributed by atoms with van der Waals surface area (Å²) in [6.45, 7) is -0.130. The van der Waals surface area contributed by atoms with Crippen molar-refractivity contribution in [2.45, 2.75) is 0 Å². The Morgan fingerprint density at radius 2 is 2.00 bits per heavy atom. The van der Waals surface area contributed by atoms with Crippen LogP contribution in [0.4, 0.5) is 0 Å². The Hall–Kier alpha value is -1.75. The quantitative estimate of drug-likeness (QED) is 0.625. The molecule has 0 aliphatic rings. The minimum absolute atomic E-state index is 0.130. The molecule has 18 heavy (non-hydrogen) atoms. The predicted molar refractivity (Wildman–Crippen MR) is 67.6 cm³/mol. The van der Waals surface area contributed by atoms with Gasteiger partial charge in [0, 0.05) is 0 Å². The summed E-state index contributed by atoms with van der Waals surface area (Å²) in [5, 5.41) is 2.40. The molecule has 0 heterocycles. The summed E-state index contributed by atoms with van der Waals surface area (Å²) in [4.78, 5) is 22.9. The van der Waals surface area contributed by atoms with Crippen molar-refractivity contribution in [2.75, 3.05) is 26.6 Å². The molecular weight excluding hydrogens is 258 g/mol. The van der Waals surface area contributed by atoms with E-state index in [1.165, 1.54) is 14.2 Å². The number of halogens is 1. The topological polar surface area (TPSA) is 64.6 Å². The fraction of sp³-hybridized carbons (Fsp3) is 0.333. The monoisotopic (exact) mass is 271 g/mol. The minimum Gasteiger partial charge on any atom is -0.497 e. The van der Waals surface area contributed by atoms with E-state index in [1.807, 2.05) is 0 Å². The van der Waals surface area contributed by atoms with Crippen LogP contribution >= 0.6 is 11.6 Å². The fourth-order valence-corrected chi connectivity index (χ4v) is 1.45. The lowest BCUT2D eigenvalue weighted by Gasteiger charge is -2.09. The number of amides is 1. The van der Waals surface area contributed by atoms with Crippen LogP contribution in [0.5, 0.6) is 11.5 Å². The number of Topliss-reactive ketones (excluding diaryl/α,β-unsaturated/α-hetero) is 1. The molecule has 0 fully saturated rings. The number of methoxy groups -OCH3 is 2. The van der Waals surface area contributed by atoms with Crippen molar-refractivity contribution in [3.8, 4) is 11.5 Å². The maximum Gasteiger partial charge on any atom is 0.235 e. The van der Waals surface area contributed by atoms with Crippen LogP contribution in [-0.4, -0.2) is 38.3 Å². The third kappa shape index (κ3) is 3.63. The number of hydrogen-bond donors (Lipinski definition) is 1. The highest BCUT2D eigenvalue weighted by Gasteiger charge is 2.14. The number of ketones is 1. The van der Waals surface area contributed by atoms with Crippen LogP contribution in [-0.2, 0) is 4.79 Å². The summed E-state index contributed by atoms with van der Waals surface area (Å²) in [5.41, 5.74) is 0.353. The highest BCUT2D eigenvalue weighted by molar-refractivity contribution is 6.27. The normalized spacial score (nSPS) is 9.72. The molecule has 1 N–H and O–H groups in total. The Bertz CT molecular complexity index is 448. The van der Waals surface area contributed by atoms with Crippen molar-refractivity contribution in [3.05, 3.63) is 23.8 Å². The second kappa shape index (κ2) is 6.86. The van der Waals surface area contributed by atoms with Gasteiger partial charge in [-0.05, 0) is 18.2 Å². The molecule has 0 radical (unpaired) electrons. The maximum atomic E-state index is 11.9. The molecule has 0 saturated heterocycles. The van der Waals surface area contributed by atoms with Crippen molar-refractivity contribution in [1.29, 1.82) is 0 Å². The highest BCUT2D eigenvalue weighted by atomic mass is 35.5. The van der Waals surface area contributed by atoms with Gasteiger partial charge in [0.25, 0.3) is 0 Å². The zero-order valence-electron chi connectivity index (χ0n) is 10.2. The molecule has 6 heteroatoms. The standard InChI is InChI=1S/C12H14ClNO4/c1-17-8-3-4-11(18-2)9(5-8)10(15)7-14-12(16)6-13/h3-5H,6-7H2,1-2H3,(H,14,16). The molecule has 1 aromatic rings. The molecule has 0 aliphatic carbocycles. The van der Waals surface area contributed by atoms with Gasteiger partial charge in [0.05, 0.1) is 26.3 Å². The highest BCUT2D eigenvalue weighted by Crippen LogP contribution is 2.24. The summed E-state index contributed by atoms with van der Waals surface area (Å²) < 4.78 is 10.1. The zero-order chi connectivity index (χ0) is 13.5. The summed E-state index contributed by atoms with van der Waals surface area (Å²) in [7, 11) is 2.97. The molecule has 98 valence electrons. The van der Waals surface area contributed by atoms with Crippen molar-refractivity contribution in [2.24, 2.45) is 0 Å². The number of hydrogen-bond acceptors (Lipinski definition) is 4. The molecule has 0 saturated carbocycles. The van der Waals surface area contributed by atoms with Crippen molar-refractivity contribution in [1.82, 2.24) is 5.32 Å². The first-order valence-corrected chi connectivity index (χ1v) is 5.73. The molecule has 0 aromatic heterocycles. The van der Waals surface area contributed by atoms with E-state index in [1.54, 1.807) is 18.2 Å². The number of benzene rings is 1. The maximum absolute atomic E-state index is 11.9. The molecular formula is C12H14ClNO4. The van der Waals surface area contributed by atoms with Crippen molar-refractivity contribution >= 4 is 23.3 Å².